The third-order valence-corrected chi connectivity index (χ3v) is 7.53. The minimum absolute atomic E-state index is 0.256. The number of benzene rings is 1. The van der Waals surface area contributed by atoms with Crippen LogP contribution in [0.2, 0.25) is 4.34 Å². The highest BCUT2D eigenvalue weighted by molar-refractivity contribution is 7.91. The number of thiophene rings is 1. The van der Waals surface area contributed by atoms with E-state index in [4.69, 9.17) is 16.3 Å². The van der Waals surface area contributed by atoms with Crippen molar-refractivity contribution in [2.75, 3.05) is 51.3 Å². The van der Waals surface area contributed by atoms with Crippen molar-refractivity contribution < 1.29 is 13.2 Å². The van der Waals surface area contributed by atoms with Crippen molar-refractivity contribution in [2.45, 2.75) is 4.21 Å². The van der Waals surface area contributed by atoms with Gasteiger partial charge in [-0.1, -0.05) is 11.6 Å². The summed E-state index contributed by atoms with van der Waals surface area (Å²) in [6.45, 7) is 4.71. The molecule has 2 heterocycles. The number of nitrogens with zero attached hydrogens (tertiary/aromatic N) is 2. The Morgan fingerprint density at radius 1 is 1.12 bits per heavy atom. The van der Waals surface area contributed by atoms with E-state index in [1.165, 1.54) is 11.8 Å². The second-order valence-corrected chi connectivity index (χ2v) is 9.69. The molecule has 1 N–H and O–H groups in total. The van der Waals surface area contributed by atoms with Crippen LogP contribution in [0.3, 0.4) is 0 Å². The summed E-state index contributed by atoms with van der Waals surface area (Å²) in [7, 11) is -1.80. The summed E-state index contributed by atoms with van der Waals surface area (Å²) >= 11 is 6.88. The number of ether oxygens (including phenoxy) is 1. The Labute approximate surface area is 163 Å². The number of nitrogens with one attached hydrogen (secondary N) is 1. The smallest absolute Gasteiger partial charge is 0.250 e. The molecule has 26 heavy (non-hydrogen) atoms. The molecule has 0 atom stereocenters. The third-order valence-electron chi connectivity index (χ3n) is 4.34. The fourth-order valence-corrected chi connectivity index (χ4v) is 5.42. The molecule has 2 aromatic rings. The summed E-state index contributed by atoms with van der Waals surface area (Å²) in [4.78, 5) is 4.59. The highest BCUT2D eigenvalue weighted by Crippen LogP contribution is 2.25. The maximum absolute atomic E-state index is 12.2. The minimum atomic E-state index is -3.47. The molecular formula is C17H22ClN3O3S2. The number of anilines is 1. The van der Waals surface area contributed by atoms with Crippen molar-refractivity contribution in [3.8, 4) is 5.75 Å². The largest absolute Gasteiger partial charge is 0.497 e. The van der Waals surface area contributed by atoms with Gasteiger partial charge in [-0.3, -0.25) is 4.90 Å². The summed E-state index contributed by atoms with van der Waals surface area (Å²) in [5, 5.41) is 0. The molecular weight excluding hydrogens is 394 g/mol. The van der Waals surface area contributed by atoms with Gasteiger partial charge in [0.25, 0.3) is 0 Å². The molecule has 142 valence electrons. The first-order valence-corrected chi connectivity index (χ1v) is 11.0. The van der Waals surface area contributed by atoms with Gasteiger partial charge in [0.1, 0.15) is 9.96 Å². The predicted octanol–water partition coefficient (Wildman–Crippen LogP) is 2.51. The first-order valence-electron chi connectivity index (χ1n) is 8.34. The van der Waals surface area contributed by atoms with Gasteiger partial charge >= 0.3 is 0 Å². The first-order chi connectivity index (χ1) is 12.5. The van der Waals surface area contributed by atoms with Gasteiger partial charge in [-0.05, 0) is 36.4 Å². The lowest BCUT2D eigenvalue weighted by Gasteiger charge is -2.36. The van der Waals surface area contributed by atoms with Crippen LogP contribution in [0.1, 0.15) is 0 Å². The molecule has 9 heteroatoms. The van der Waals surface area contributed by atoms with E-state index >= 15 is 0 Å². The summed E-state index contributed by atoms with van der Waals surface area (Å²) in [6.07, 6.45) is 0. The predicted molar refractivity (Wildman–Crippen MR) is 106 cm³/mol. The quantitative estimate of drug-likeness (QED) is 0.752. The average molecular weight is 416 g/mol. The van der Waals surface area contributed by atoms with Gasteiger partial charge in [0, 0.05) is 45.0 Å². The Balaban J connectivity index is 1.44. The van der Waals surface area contributed by atoms with Gasteiger partial charge in [0.05, 0.1) is 11.4 Å². The lowest BCUT2D eigenvalue weighted by atomic mass is 10.2. The van der Waals surface area contributed by atoms with Crippen LogP contribution in [0.5, 0.6) is 5.75 Å². The van der Waals surface area contributed by atoms with E-state index in [1.807, 2.05) is 12.1 Å². The van der Waals surface area contributed by atoms with Crippen LogP contribution in [-0.2, 0) is 10.0 Å². The van der Waals surface area contributed by atoms with E-state index < -0.39 is 10.0 Å². The number of methoxy groups -OCH3 is 1. The van der Waals surface area contributed by atoms with Crippen molar-refractivity contribution in [3.63, 3.8) is 0 Å². The second kappa shape index (κ2) is 8.58. The summed E-state index contributed by atoms with van der Waals surface area (Å²) < 4.78 is 32.9. The van der Waals surface area contributed by atoms with Crippen molar-refractivity contribution in [1.82, 2.24) is 9.62 Å². The summed E-state index contributed by atoms with van der Waals surface area (Å²) in [6, 6.07) is 11.2. The molecule has 0 bridgehead atoms. The molecule has 0 radical (unpaired) electrons. The van der Waals surface area contributed by atoms with Crippen molar-refractivity contribution >= 4 is 38.6 Å². The number of rotatable bonds is 7. The SMILES string of the molecule is COc1ccc(N2CCN(CCNS(=O)(=O)c3ccc(Cl)s3)CC2)cc1. The van der Waals surface area contributed by atoms with Crippen LogP contribution < -0.4 is 14.4 Å². The Hall–Kier alpha value is -1.32. The Bertz CT molecular complexity index is 816. The molecule has 1 aliphatic rings. The number of halogens is 1. The zero-order valence-corrected chi connectivity index (χ0v) is 16.9. The van der Waals surface area contributed by atoms with Gasteiger partial charge in [0.15, 0.2) is 0 Å². The van der Waals surface area contributed by atoms with Gasteiger partial charge < -0.3 is 9.64 Å². The summed E-state index contributed by atoms with van der Waals surface area (Å²) in [5.41, 5.74) is 1.18. The normalized spacial score (nSPS) is 16.0. The highest BCUT2D eigenvalue weighted by atomic mass is 35.5. The van der Waals surface area contributed by atoms with Crippen LogP contribution in [0, 0.1) is 0 Å². The lowest BCUT2D eigenvalue weighted by molar-refractivity contribution is 0.262. The topological polar surface area (TPSA) is 61.9 Å². The molecule has 0 saturated carbocycles. The molecule has 1 aromatic heterocycles. The Kier molecular flexibility index (Phi) is 6.42. The van der Waals surface area contributed by atoms with Crippen molar-refractivity contribution in [2.24, 2.45) is 0 Å². The first kappa shape index (κ1) is 19.4. The maximum Gasteiger partial charge on any atom is 0.250 e. The molecule has 0 spiro atoms. The van der Waals surface area contributed by atoms with Crippen LogP contribution in [-0.4, -0.2) is 59.7 Å². The van der Waals surface area contributed by atoms with Crippen LogP contribution >= 0.6 is 22.9 Å². The zero-order valence-electron chi connectivity index (χ0n) is 14.5. The standard InChI is InChI=1S/C17H22ClN3O3S2/c1-24-15-4-2-14(3-5-15)21-12-10-20(11-13-21)9-8-19-26(22,23)17-7-6-16(18)25-17/h2-7,19H,8-13H2,1H3. The second-order valence-electron chi connectivity index (χ2n) is 5.98. The van der Waals surface area contributed by atoms with E-state index in [2.05, 4.69) is 26.7 Å². The highest BCUT2D eigenvalue weighted by Gasteiger charge is 2.19. The maximum atomic E-state index is 12.2. The molecule has 6 nitrogen and oxygen atoms in total. The van der Waals surface area contributed by atoms with Crippen LogP contribution in [0.4, 0.5) is 5.69 Å². The Morgan fingerprint density at radius 2 is 1.81 bits per heavy atom. The van der Waals surface area contributed by atoms with E-state index in [0.29, 0.717) is 17.4 Å². The Morgan fingerprint density at radius 3 is 2.38 bits per heavy atom. The van der Waals surface area contributed by atoms with Gasteiger partial charge in [-0.2, -0.15) is 0 Å². The molecule has 1 aromatic carbocycles. The minimum Gasteiger partial charge on any atom is -0.497 e. The van der Waals surface area contributed by atoms with Crippen LogP contribution in [0.15, 0.2) is 40.6 Å². The molecule has 1 aliphatic heterocycles. The summed E-state index contributed by atoms with van der Waals surface area (Å²) in [5.74, 6) is 0.853. The van der Waals surface area contributed by atoms with E-state index in [-0.39, 0.29) is 4.21 Å². The average Bonchev–Trinajstić information content (AvgIpc) is 3.10. The molecule has 0 amide bonds. The number of hydrogen-bond acceptors (Lipinski definition) is 6. The lowest BCUT2D eigenvalue weighted by Crippen LogP contribution is -2.48. The molecule has 0 unspecified atom stereocenters. The molecule has 1 saturated heterocycles. The molecule has 0 aliphatic carbocycles. The zero-order chi connectivity index (χ0) is 18.6. The van der Waals surface area contributed by atoms with Gasteiger partial charge in [0.2, 0.25) is 10.0 Å². The number of piperazine rings is 1. The fourth-order valence-electron chi connectivity index (χ4n) is 2.87. The number of hydrogen-bond donors (Lipinski definition) is 1. The van der Waals surface area contributed by atoms with Crippen molar-refractivity contribution in [1.29, 1.82) is 0 Å². The fraction of sp³-hybridized carbons (Fsp3) is 0.412. The third kappa shape index (κ3) is 4.89. The molecule has 1 fully saturated rings. The monoisotopic (exact) mass is 415 g/mol. The van der Waals surface area contributed by atoms with E-state index in [9.17, 15) is 8.42 Å². The molecule has 3 rings (SSSR count). The van der Waals surface area contributed by atoms with E-state index in [1.54, 1.807) is 13.2 Å². The number of sulfonamides is 1. The van der Waals surface area contributed by atoms with Crippen molar-refractivity contribution in [3.05, 3.63) is 40.7 Å². The van der Waals surface area contributed by atoms with Gasteiger partial charge in [-0.25, -0.2) is 13.1 Å². The van der Waals surface area contributed by atoms with Gasteiger partial charge in [-0.15, -0.1) is 11.3 Å². The van der Waals surface area contributed by atoms with Crippen LogP contribution in [0.25, 0.3) is 0 Å². The van der Waals surface area contributed by atoms with E-state index in [0.717, 1.165) is 43.3 Å².